The average molecular weight is 497 g/mol. The van der Waals surface area contributed by atoms with E-state index in [1.54, 1.807) is 31.2 Å². The molecule has 0 bridgehead atoms. The summed E-state index contributed by atoms with van der Waals surface area (Å²) in [6, 6.07) is 23.7. The van der Waals surface area contributed by atoms with Crippen LogP contribution < -0.4 is 15.4 Å². The number of carbonyl (C=O) groups is 2. The number of carbonyl (C=O) groups excluding carboxylic acids is 2. The molecule has 166 valence electrons. The molecule has 2 amide bonds. The smallest absolute Gasteiger partial charge is 0.338 e. The highest BCUT2D eigenvalue weighted by Gasteiger charge is 2.15. The van der Waals surface area contributed by atoms with E-state index in [4.69, 9.17) is 9.47 Å². The van der Waals surface area contributed by atoms with E-state index in [1.165, 1.54) is 0 Å². The van der Waals surface area contributed by atoms with E-state index in [9.17, 15) is 9.59 Å². The first-order valence-electron chi connectivity index (χ1n) is 10.3. The van der Waals surface area contributed by atoms with Gasteiger partial charge in [-0.25, -0.2) is 9.59 Å². The molecule has 3 rings (SSSR count). The van der Waals surface area contributed by atoms with Crippen molar-refractivity contribution in [2.24, 2.45) is 0 Å². The Morgan fingerprint density at radius 1 is 0.938 bits per heavy atom. The molecule has 0 saturated carbocycles. The van der Waals surface area contributed by atoms with Gasteiger partial charge in [-0.05, 0) is 61.0 Å². The van der Waals surface area contributed by atoms with E-state index in [-0.39, 0.29) is 18.1 Å². The van der Waals surface area contributed by atoms with Crippen LogP contribution in [0.5, 0.6) is 5.75 Å². The zero-order chi connectivity index (χ0) is 22.8. The number of para-hydroxylation sites is 1. The lowest BCUT2D eigenvalue weighted by Crippen LogP contribution is -2.30. The fourth-order valence-corrected chi connectivity index (χ4v) is 3.30. The van der Waals surface area contributed by atoms with Crippen LogP contribution in [-0.2, 0) is 4.74 Å². The van der Waals surface area contributed by atoms with Gasteiger partial charge in [0.15, 0.2) is 0 Å². The molecule has 0 spiro atoms. The zero-order valence-corrected chi connectivity index (χ0v) is 19.3. The van der Waals surface area contributed by atoms with E-state index >= 15 is 0 Å². The van der Waals surface area contributed by atoms with Gasteiger partial charge in [0, 0.05) is 23.1 Å². The van der Waals surface area contributed by atoms with E-state index in [0.717, 1.165) is 15.7 Å². The normalized spacial score (nSPS) is 11.3. The number of hydrogen-bond acceptors (Lipinski definition) is 4. The maximum absolute atomic E-state index is 12.2. The summed E-state index contributed by atoms with van der Waals surface area (Å²) in [5, 5.41) is 5.66. The van der Waals surface area contributed by atoms with Crippen LogP contribution >= 0.6 is 15.9 Å². The summed E-state index contributed by atoms with van der Waals surface area (Å²) >= 11 is 3.45. The lowest BCUT2D eigenvalue weighted by atomic mass is 10.1. The maximum atomic E-state index is 12.2. The fraction of sp³-hybridized carbons (Fsp3) is 0.200. The Morgan fingerprint density at radius 2 is 1.62 bits per heavy atom. The largest absolute Gasteiger partial charge is 0.486 e. The number of esters is 1. The van der Waals surface area contributed by atoms with Gasteiger partial charge >= 0.3 is 12.0 Å². The van der Waals surface area contributed by atoms with Crippen molar-refractivity contribution in [2.75, 3.05) is 18.5 Å². The molecule has 0 aliphatic heterocycles. The van der Waals surface area contributed by atoms with Gasteiger partial charge in [0.1, 0.15) is 11.9 Å². The maximum Gasteiger partial charge on any atom is 0.338 e. The molecule has 7 heteroatoms. The number of hydrogen-bond donors (Lipinski definition) is 2. The third-order valence-electron chi connectivity index (χ3n) is 4.61. The first-order valence-corrected chi connectivity index (χ1v) is 11.1. The molecule has 0 fully saturated rings. The van der Waals surface area contributed by atoms with Gasteiger partial charge in [0.05, 0.1) is 12.2 Å². The van der Waals surface area contributed by atoms with Crippen molar-refractivity contribution in [1.82, 2.24) is 5.32 Å². The molecule has 0 aliphatic carbocycles. The summed E-state index contributed by atoms with van der Waals surface area (Å²) in [4.78, 5) is 24.0. The highest BCUT2D eigenvalue weighted by molar-refractivity contribution is 9.10. The van der Waals surface area contributed by atoms with Crippen molar-refractivity contribution >= 4 is 33.6 Å². The topological polar surface area (TPSA) is 76.7 Å². The Morgan fingerprint density at radius 3 is 2.28 bits per heavy atom. The van der Waals surface area contributed by atoms with Crippen molar-refractivity contribution in [3.8, 4) is 5.75 Å². The predicted octanol–water partition coefficient (Wildman–Crippen LogP) is 5.96. The molecule has 0 aromatic heterocycles. The van der Waals surface area contributed by atoms with E-state index in [2.05, 4.69) is 26.6 Å². The predicted molar refractivity (Wildman–Crippen MR) is 128 cm³/mol. The van der Waals surface area contributed by atoms with Gasteiger partial charge in [-0.3, -0.25) is 0 Å². The molecule has 0 heterocycles. The van der Waals surface area contributed by atoms with Crippen LogP contribution in [0.15, 0.2) is 83.3 Å². The van der Waals surface area contributed by atoms with Gasteiger partial charge < -0.3 is 20.1 Å². The fourth-order valence-electron chi connectivity index (χ4n) is 3.03. The Kier molecular flexibility index (Phi) is 8.69. The Hall–Kier alpha value is -3.32. The van der Waals surface area contributed by atoms with Crippen LogP contribution in [0.1, 0.15) is 35.4 Å². The van der Waals surface area contributed by atoms with Crippen LogP contribution in [0.2, 0.25) is 0 Å². The van der Waals surface area contributed by atoms with Gasteiger partial charge in [-0.2, -0.15) is 0 Å². The summed E-state index contributed by atoms with van der Waals surface area (Å²) in [5.41, 5.74) is 2.18. The number of halogens is 1. The number of nitrogens with one attached hydrogen (secondary N) is 2. The van der Waals surface area contributed by atoms with E-state index in [1.807, 2.05) is 54.6 Å². The molecule has 3 aromatic carbocycles. The molecule has 0 aliphatic rings. The minimum Gasteiger partial charge on any atom is -0.486 e. The highest BCUT2D eigenvalue weighted by Crippen LogP contribution is 2.26. The number of anilines is 1. The van der Waals surface area contributed by atoms with Crippen LogP contribution in [0.3, 0.4) is 0 Å². The SMILES string of the molecule is CCOC(=O)c1ccc(OC(CCNC(=O)Nc2ccccc2)c2ccc(Br)cc2)cc1. The molecular formula is C25H25BrN2O4. The van der Waals surface area contributed by atoms with Crippen LogP contribution in [0, 0.1) is 0 Å². The standard InChI is InChI=1S/C25H25BrN2O4/c1-2-31-24(29)19-10-14-22(15-11-19)32-23(18-8-12-20(26)13-9-18)16-17-27-25(30)28-21-6-4-3-5-7-21/h3-15,23H,2,16-17H2,1H3,(H2,27,28,30). The number of urea groups is 1. The molecule has 2 N–H and O–H groups in total. The van der Waals surface area contributed by atoms with Crippen LogP contribution in [0.4, 0.5) is 10.5 Å². The Bertz CT molecular complexity index is 1010. The molecule has 0 radical (unpaired) electrons. The summed E-state index contributed by atoms with van der Waals surface area (Å²) in [5.74, 6) is 0.261. The number of rotatable bonds is 9. The molecule has 0 saturated heterocycles. The first kappa shape index (κ1) is 23.3. The second-order valence-electron chi connectivity index (χ2n) is 6.94. The van der Waals surface area contributed by atoms with Crippen molar-refractivity contribution in [1.29, 1.82) is 0 Å². The van der Waals surface area contributed by atoms with Crippen molar-refractivity contribution in [2.45, 2.75) is 19.4 Å². The monoisotopic (exact) mass is 496 g/mol. The summed E-state index contributed by atoms with van der Waals surface area (Å²) in [7, 11) is 0. The number of ether oxygens (including phenoxy) is 2. The summed E-state index contributed by atoms with van der Waals surface area (Å²) < 4.78 is 12.2. The van der Waals surface area contributed by atoms with Crippen molar-refractivity contribution < 1.29 is 19.1 Å². The van der Waals surface area contributed by atoms with Gasteiger partial charge in [-0.1, -0.05) is 46.3 Å². The summed E-state index contributed by atoms with van der Waals surface area (Å²) in [6.07, 6.45) is 0.275. The minimum atomic E-state index is -0.364. The minimum absolute atomic E-state index is 0.274. The number of benzene rings is 3. The lowest BCUT2D eigenvalue weighted by molar-refractivity contribution is 0.0526. The quantitative estimate of drug-likeness (QED) is 0.358. The second kappa shape index (κ2) is 11.9. The van der Waals surface area contributed by atoms with Gasteiger partial charge in [0.25, 0.3) is 0 Å². The molecular weight excluding hydrogens is 472 g/mol. The third kappa shape index (κ3) is 7.13. The van der Waals surface area contributed by atoms with Gasteiger partial charge in [-0.15, -0.1) is 0 Å². The Labute approximate surface area is 196 Å². The molecule has 1 atom stereocenters. The van der Waals surface area contributed by atoms with Crippen molar-refractivity contribution in [3.63, 3.8) is 0 Å². The van der Waals surface area contributed by atoms with E-state index < -0.39 is 0 Å². The third-order valence-corrected chi connectivity index (χ3v) is 5.14. The van der Waals surface area contributed by atoms with Crippen LogP contribution in [0.25, 0.3) is 0 Å². The number of amides is 2. The second-order valence-corrected chi connectivity index (χ2v) is 7.85. The Balaban J connectivity index is 1.63. The zero-order valence-electron chi connectivity index (χ0n) is 17.7. The highest BCUT2D eigenvalue weighted by atomic mass is 79.9. The molecule has 1 unspecified atom stereocenters. The lowest BCUT2D eigenvalue weighted by Gasteiger charge is -2.20. The van der Waals surface area contributed by atoms with Gasteiger partial charge in [0.2, 0.25) is 0 Å². The average Bonchev–Trinajstić information content (AvgIpc) is 2.80. The summed E-state index contributed by atoms with van der Waals surface area (Å²) in [6.45, 7) is 2.51. The van der Waals surface area contributed by atoms with Crippen LogP contribution in [-0.4, -0.2) is 25.2 Å². The molecule has 6 nitrogen and oxygen atoms in total. The first-order chi connectivity index (χ1) is 15.5. The molecule has 32 heavy (non-hydrogen) atoms. The van der Waals surface area contributed by atoms with E-state index in [0.29, 0.717) is 30.9 Å². The molecule has 3 aromatic rings. The van der Waals surface area contributed by atoms with Crippen molar-refractivity contribution in [3.05, 3.63) is 94.5 Å².